The second-order valence-corrected chi connectivity index (χ2v) is 9.13. The van der Waals surface area contributed by atoms with E-state index < -0.39 is 6.36 Å². The Morgan fingerprint density at radius 1 is 1.16 bits per heavy atom. The molecule has 194 valence electrons. The molecule has 1 aromatic carbocycles. The molecule has 37 heavy (non-hydrogen) atoms. The lowest BCUT2D eigenvalue weighted by Crippen LogP contribution is -2.32. The number of aryl methyl sites for hydroxylation is 1. The van der Waals surface area contributed by atoms with Gasteiger partial charge in [-0.15, -0.1) is 13.2 Å². The molecule has 1 unspecified atom stereocenters. The van der Waals surface area contributed by atoms with Crippen LogP contribution in [-0.2, 0) is 11.3 Å². The van der Waals surface area contributed by atoms with E-state index in [-0.39, 0.29) is 23.1 Å². The minimum atomic E-state index is -4.76. The van der Waals surface area contributed by atoms with Crippen molar-refractivity contribution in [3.63, 3.8) is 0 Å². The molecule has 0 spiro atoms. The molecule has 0 saturated carbocycles. The third-order valence-corrected chi connectivity index (χ3v) is 6.07. The molecule has 4 heterocycles. The largest absolute Gasteiger partial charge is 0.573 e. The van der Waals surface area contributed by atoms with Crippen LogP contribution < -0.4 is 10.1 Å². The van der Waals surface area contributed by atoms with Crippen LogP contribution in [0.4, 0.5) is 19.0 Å². The summed E-state index contributed by atoms with van der Waals surface area (Å²) in [4.78, 5) is 8.76. The summed E-state index contributed by atoms with van der Waals surface area (Å²) in [6.45, 7) is 6.01. The third kappa shape index (κ3) is 6.08. The molecule has 0 radical (unpaired) electrons. The lowest BCUT2D eigenvalue weighted by Gasteiger charge is -2.23. The molecular weight excluding hydrogens is 489 g/mol. The first-order chi connectivity index (χ1) is 17.7. The lowest BCUT2D eigenvalue weighted by molar-refractivity contribution is -0.274. The molecule has 1 fully saturated rings. The van der Waals surface area contributed by atoms with Crippen molar-refractivity contribution >= 4 is 5.82 Å². The van der Waals surface area contributed by atoms with Crippen LogP contribution in [0, 0.1) is 6.92 Å². The summed E-state index contributed by atoms with van der Waals surface area (Å²) >= 11 is 0. The normalized spacial score (nSPS) is 17.8. The van der Waals surface area contributed by atoms with Crippen molar-refractivity contribution in [2.45, 2.75) is 45.2 Å². The van der Waals surface area contributed by atoms with Crippen molar-refractivity contribution in [1.82, 2.24) is 24.9 Å². The highest BCUT2D eigenvalue weighted by Gasteiger charge is 2.31. The van der Waals surface area contributed by atoms with Crippen molar-refractivity contribution < 1.29 is 27.2 Å². The monoisotopic (exact) mass is 514 g/mol. The molecule has 4 aromatic rings. The van der Waals surface area contributed by atoms with E-state index in [0.717, 1.165) is 36.5 Å². The molecular formula is C25H25F3N6O3. The number of nitrogens with zero attached hydrogens (tertiary/aromatic N) is 5. The highest BCUT2D eigenvalue weighted by molar-refractivity contribution is 5.59. The number of pyridine rings is 1. The second kappa shape index (κ2) is 9.85. The molecule has 1 aliphatic heterocycles. The molecule has 0 bridgehead atoms. The van der Waals surface area contributed by atoms with Crippen LogP contribution >= 0.6 is 0 Å². The Labute approximate surface area is 210 Å². The maximum absolute atomic E-state index is 12.4. The van der Waals surface area contributed by atoms with Crippen molar-refractivity contribution in [3.8, 4) is 28.7 Å². The first-order valence-electron chi connectivity index (χ1n) is 11.7. The predicted molar refractivity (Wildman–Crippen MR) is 128 cm³/mol. The standard InChI is InChI=1S/C25H25F3N6O3/c1-16-12-20(23-31-22(33-37-23)18-4-6-19(7-5-18)36-25(26,27)28)32-34(16)14-17-8-10-29-21(13-17)30-15-24(2)9-3-11-35-24/h4-8,10,12-13H,3,9,11,14-15H2,1-2H3,(H,29,30). The number of anilines is 1. The van der Waals surface area contributed by atoms with Crippen molar-refractivity contribution in [1.29, 1.82) is 0 Å². The average molecular weight is 515 g/mol. The van der Waals surface area contributed by atoms with Crippen LogP contribution in [0.25, 0.3) is 23.0 Å². The zero-order valence-electron chi connectivity index (χ0n) is 20.2. The summed E-state index contributed by atoms with van der Waals surface area (Å²) in [5, 5.41) is 11.9. The SMILES string of the molecule is Cc1cc(-c2nc(-c3ccc(OC(F)(F)F)cc3)no2)nn1Cc1ccnc(NCC2(C)CCCO2)c1. The number of nitrogens with one attached hydrogen (secondary N) is 1. The summed E-state index contributed by atoms with van der Waals surface area (Å²) in [7, 11) is 0. The third-order valence-electron chi connectivity index (χ3n) is 6.07. The van der Waals surface area contributed by atoms with Gasteiger partial charge in [-0.05, 0) is 74.7 Å². The molecule has 12 heteroatoms. The number of halogens is 3. The Balaban J connectivity index is 1.26. The summed E-state index contributed by atoms with van der Waals surface area (Å²) in [5.74, 6) is 0.872. The average Bonchev–Trinajstić information content (AvgIpc) is 3.59. The predicted octanol–water partition coefficient (Wildman–Crippen LogP) is 5.23. The fourth-order valence-corrected chi connectivity index (χ4v) is 4.12. The minimum Gasteiger partial charge on any atom is -0.406 e. The van der Waals surface area contributed by atoms with Crippen LogP contribution in [0.1, 0.15) is 31.0 Å². The van der Waals surface area contributed by atoms with Crippen LogP contribution in [0.15, 0.2) is 53.2 Å². The van der Waals surface area contributed by atoms with E-state index in [1.54, 1.807) is 6.20 Å². The summed E-state index contributed by atoms with van der Waals surface area (Å²) in [6.07, 6.45) is -0.916. The van der Waals surface area contributed by atoms with Gasteiger partial charge >= 0.3 is 6.36 Å². The van der Waals surface area contributed by atoms with E-state index in [1.807, 2.05) is 29.8 Å². The van der Waals surface area contributed by atoms with Crippen LogP contribution in [-0.4, -0.2) is 50.0 Å². The molecule has 1 saturated heterocycles. The van der Waals surface area contributed by atoms with Crippen molar-refractivity contribution in [3.05, 3.63) is 59.9 Å². The number of hydrogen-bond acceptors (Lipinski definition) is 8. The number of ether oxygens (including phenoxy) is 2. The Bertz CT molecular complexity index is 1360. The summed E-state index contributed by atoms with van der Waals surface area (Å²) in [5.41, 5.74) is 2.70. The van der Waals surface area contributed by atoms with Gasteiger partial charge in [-0.2, -0.15) is 10.1 Å². The lowest BCUT2D eigenvalue weighted by atomic mass is 10.0. The van der Waals surface area contributed by atoms with Gasteiger partial charge in [0.1, 0.15) is 11.6 Å². The van der Waals surface area contributed by atoms with Gasteiger partial charge in [0.05, 0.1) is 12.1 Å². The van der Waals surface area contributed by atoms with Gasteiger partial charge < -0.3 is 19.3 Å². The van der Waals surface area contributed by atoms with Crippen LogP contribution in [0.5, 0.6) is 5.75 Å². The molecule has 0 aliphatic carbocycles. The highest BCUT2D eigenvalue weighted by atomic mass is 19.4. The first-order valence-corrected chi connectivity index (χ1v) is 11.7. The number of alkyl halides is 3. The number of rotatable bonds is 8. The van der Waals surface area contributed by atoms with Crippen LogP contribution in [0.2, 0.25) is 0 Å². The Morgan fingerprint density at radius 3 is 2.70 bits per heavy atom. The van der Waals surface area contributed by atoms with Gasteiger partial charge in [-0.25, -0.2) is 4.98 Å². The fraction of sp³-hybridized carbons (Fsp3) is 0.360. The maximum atomic E-state index is 12.4. The van der Waals surface area contributed by atoms with E-state index in [9.17, 15) is 13.2 Å². The van der Waals surface area contributed by atoms with Gasteiger partial charge in [0.15, 0.2) is 5.69 Å². The molecule has 9 nitrogen and oxygen atoms in total. The Hall–Kier alpha value is -3.93. The Morgan fingerprint density at radius 2 is 1.97 bits per heavy atom. The van der Waals surface area contributed by atoms with Crippen molar-refractivity contribution in [2.24, 2.45) is 0 Å². The van der Waals surface area contributed by atoms with E-state index in [1.165, 1.54) is 24.3 Å². The maximum Gasteiger partial charge on any atom is 0.573 e. The van der Waals surface area contributed by atoms with E-state index in [4.69, 9.17) is 9.26 Å². The molecule has 1 aliphatic rings. The van der Waals surface area contributed by atoms with E-state index >= 15 is 0 Å². The molecule has 5 rings (SSSR count). The highest BCUT2D eigenvalue weighted by Crippen LogP contribution is 2.28. The van der Waals surface area contributed by atoms with Gasteiger partial charge in [-0.1, -0.05) is 5.16 Å². The quantitative estimate of drug-likeness (QED) is 0.341. The number of benzene rings is 1. The second-order valence-electron chi connectivity index (χ2n) is 9.13. The summed E-state index contributed by atoms with van der Waals surface area (Å²) in [6, 6.07) is 11.0. The Kier molecular flexibility index (Phi) is 6.59. The smallest absolute Gasteiger partial charge is 0.406 e. The zero-order valence-corrected chi connectivity index (χ0v) is 20.2. The molecule has 1 atom stereocenters. The summed E-state index contributed by atoms with van der Waals surface area (Å²) < 4.78 is 54.0. The van der Waals surface area contributed by atoms with Gasteiger partial charge in [-0.3, -0.25) is 4.68 Å². The van der Waals surface area contributed by atoms with E-state index in [2.05, 4.69) is 37.2 Å². The topological polar surface area (TPSA) is 100 Å². The van der Waals surface area contributed by atoms with E-state index in [0.29, 0.717) is 24.3 Å². The minimum absolute atomic E-state index is 0.174. The van der Waals surface area contributed by atoms with Crippen molar-refractivity contribution in [2.75, 3.05) is 18.5 Å². The molecule has 3 aromatic heterocycles. The first kappa shape index (κ1) is 24.8. The van der Waals surface area contributed by atoms with Gasteiger partial charge in [0.25, 0.3) is 5.89 Å². The fourth-order valence-electron chi connectivity index (χ4n) is 4.12. The van der Waals surface area contributed by atoms with Gasteiger partial charge in [0, 0.05) is 30.6 Å². The number of aromatic nitrogens is 5. The zero-order chi connectivity index (χ0) is 26.0. The number of hydrogen-bond donors (Lipinski definition) is 1. The van der Waals surface area contributed by atoms with Gasteiger partial charge in [0.2, 0.25) is 5.82 Å². The molecule has 0 amide bonds. The van der Waals surface area contributed by atoms with Crippen LogP contribution in [0.3, 0.4) is 0 Å². The molecule has 1 N–H and O–H groups in total.